The number of halogens is 1. The highest BCUT2D eigenvalue weighted by Gasteiger charge is 2.13. The number of nitrogens with one attached hydrogen (secondary N) is 1. The number of hydrogen-bond acceptors (Lipinski definition) is 3. The summed E-state index contributed by atoms with van der Waals surface area (Å²) in [7, 11) is 1.64. The fraction of sp³-hybridized carbons (Fsp3) is 0.409. The van der Waals surface area contributed by atoms with Crippen molar-refractivity contribution in [1.82, 2.24) is 4.90 Å². The fourth-order valence-corrected chi connectivity index (χ4v) is 3.03. The van der Waals surface area contributed by atoms with Crippen molar-refractivity contribution in [1.29, 1.82) is 0 Å². The molecule has 0 atom stereocenters. The van der Waals surface area contributed by atoms with Crippen LogP contribution in [0.25, 0.3) is 0 Å². The highest BCUT2D eigenvalue weighted by Crippen LogP contribution is 2.29. The van der Waals surface area contributed by atoms with E-state index in [2.05, 4.69) is 24.1 Å². The van der Waals surface area contributed by atoms with Crippen LogP contribution in [0.5, 0.6) is 11.5 Å². The van der Waals surface area contributed by atoms with E-state index in [0.29, 0.717) is 35.3 Å². The van der Waals surface area contributed by atoms with E-state index in [1.165, 1.54) is 6.07 Å². The quantitative estimate of drug-likeness (QED) is 0.555. The second-order valence-corrected chi connectivity index (χ2v) is 7.04. The van der Waals surface area contributed by atoms with Crippen LogP contribution in [0, 0.1) is 12.7 Å². The van der Waals surface area contributed by atoms with Gasteiger partial charge in [-0.1, -0.05) is 26.0 Å². The van der Waals surface area contributed by atoms with Crippen molar-refractivity contribution in [2.45, 2.75) is 40.2 Å². The van der Waals surface area contributed by atoms with Gasteiger partial charge in [0.25, 0.3) is 0 Å². The van der Waals surface area contributed by atoms with Gasteiger partial charge in [-0.15, -0.1) is 0 Å². The SMILES string of the molecule is CCCOc1ccc(CN(CCC)C(=S)Nc2ccc(C)c(F)c2)cc1OC. The smallest absolute Gasteiger partial charge is 0.173 e. The first-order chi connectivity index (χ1) is 13.5. The molecule has 0 saturated carbocycles. The van der Waals surface area contributed by atoms with Crippen molar-refractivity contribution in [3.05, 3.63) is 53.3 Å². The molecule has 1 N–H and O–H groups in total. The minimum Gasteiger partial charge on any atom is -0.493 e. The minimum absolute atomic E-state index is 0.248. The molecule has 0 aliphatic heterocycles. The monoisotopic (exact) mass is 404 g/mol. The maximum Gasteiger partial charge on any atom is 0.173 e. The zero-order valence-corrected chi connectivity index (χ0v) is 17.9. The maximum atomic E-state index is 13.8. The summed E-state index contributed by atoms with van der Waals surface area (Å²) in [6.07, 6.45) is 1.88. The molecule has 2 aromatic carbocycles. The van der Waals surface area contributed by atoms with Crippen molar-refractivity contribution in [3.63, 3.8) is 0 Å². The molecule has 0 heterocycles. The second kappa shape index (κ2) is 10.9. The van der Waals surface area contributed by atoms with E-state index in [4.69, 9.17) is 21.7 Å². The third-order valence-electron chi connectivity index (χ3n) is 4.27. The third-order valence-corrected chi connectivity index (χ3v) is 4.63. The van der Waals surface area contributed by atoms with Crippen LogP contribution in [-0.4, -0.2) is 30.3 Å². The molecule has 152 valence electrons. The number of methoxy groups -OCH3 is 1. The number of nitrogens with zero attached hydrogens (tertiary/aromatic N) is 1. The van der Waals surface area contributed by atoms with E-state index in [1.807, 2.05) is 24.3 Å². The number of anilines is 1. The van der Waals surface area contributed by atoms with Gasteiger partial charge in [-0.2, -0.15) is 0 Å². The number of thiocarbonyl (C=S) groups is 1. The van der Waals surface area contributed by atoms with Crippen molar-refractivity contribution < 1.29 is 13.9 Å². The molecular weight excluding hydrogens is 375 g/mol. The summed E-state index contributed by atoms with van der Waals surface area (Å²) in [6.45, 7) is 7.97. The van der Waals surface area contributed by atoms with E-state index in [0.717, 1.165) is 30.7 Å². The molecule has 4 nitrogen and oxygen atoms in total. The predicted octanol–water partition coefficient (Wildman–Crippen LogP) is 5.54. The summed E-state index contributed by atoms with van der Waals surface area (Å²) in [5, 5.41) is 3.71. The summed E-state index contributed by atoms with van der Waals surface area (Å²) in [5.41, 5.74) is 2.32. The third kappa shape index (κ3) is 6.09. The first-order valence-electron chi connectivity index (χ1n) is 9.60. The Labute approximate surface area is 172 Å². The van der Waals surface area contributed by atoms with Crippen LogP contribution in [0.4, 0.5) is 10.1 Å². The van der Waals surface area contributed by atoms with Crippen molar-refractivity contribution in [2.24, 2.45) is 0 Å². The number of rotatable bonds is 9. The van der Waals surface area contributed by atoms with Crippen LogP contribution in [0.3, 0.4) is 0 Å². The molecule has 0 aromatic heterocycles. The summed E-state index contributed by atoms with van der Waals surface area (Å²) < 4.78 is 25.0. The van der Waals surface area contributed by atoms with Crippen LogP contribution < -0.4 is 14.8 Å². The molecule has 28 heavy (non-hydrogen) atoms. The lowest BCUT2D eigenvalue weighted by molar-refractivity contribution is 0.293. The molecule has 0 aliphatic rings. The maximum absolute atomic E-state index is 13.8. The van der Waals surface area contributed by atoms with Crippen LogP contribution >= 0.6 is 12.2 Å². The molecule has 0 saturated heterocycles. The summed E-state index contributed by atoms with van der Waals surface area (Å²) in [4.78, 5) is 2.06. The van der Waals surface area contributed by atoms with Crippen LogP contribution in [0.15, 0.2) is 36.4 Å². The normalized spacial score (nSPS) is 10.5. The molecule has 0 fully saturated rings. The Bertz CT molecular complexity index is 798. The van der Waals surface area contributed by atoms with Crippen LogP contribution in [0.2, 0.25) is 0 Å². The highest BCUT2D eigenvalue weighted by molar-refractivity contribution is 7.80. The van der Waals surface area contributed by atoms with E-state index in [-0.39, 0.29) is 5.82 Å². The second-order valence-electron chi connectivity index (χ2n) is 6.65. The molecule has 6 heteroatoms. The van der Waals surface area contributed by atoms with E-state index in [1.54, 1.807) is 20.1 Å². The Morgan fingerprint density at radius 3 is 2.54 bits per heavy atom. The Kier molecular flexibility index (Phi) is 8.51. The Morgan fingerprint density at radius 1 is 1.11 bits per heavy atom. The average molecular weight is 405 g/mol. The van der Waals surface area contributed by atoms with Crippen molar-refractivity contribution in [2.75, 3.05) is 25.6 Å². The van der Waals surface area contributed by atoms with Gasteiger partial charge in [0.05, 0.1) is 13.7 Å². The highest BCUT2D eigenvalue weighted by atomic mass is 32.1. The molecular formula is C22H29FN2O2S. The Balaban J connectivity index is 2.12. The topological polar surface area (TPSA) is 33.7 Å². The first kappa shape index (κ1) is 22.0. The Hall–Kier alpha value is -2.34. The van der Waals surface area contributed by atoms with Gasteiger partial charge in [-0.05, 0) is 67.4 Å². The van der Waals surface area contributed by atoms with Gasteiger partial charge >= 0.3 is 0 Å². The zero-order valence-electron chi connectivity index (χ0n) is 17.0. The molecule has 0 aliphatic carbocycles. The lowest BCUT2D eigenvalue weighted by Crippen LogP contribution is -2.34. The van der Waals surface area contributed by atoms with Crippen molar-refractivity contribution >= 4 is 23.0 Å². The molecule has 0 unspecified atom stereocenters. The number of ether oxygens (including phenoxy) is 2. The molecule has 0 bridgehead atoms. The lowest BCUT2D eigenvalue weighted by atomic mass is 10.2. The van der Waals surface area contributed by atoms with Gasteiger partial charge < -0.3 is 19.7 Å². The predicted molar refractivity (Wildman–Crippen MR) is 117 cm³/mol. The van der Waals surface area contributed by atoms with Gasteiger partial charge in [0.15, 0.2) is 16.6 Å². The zero-order chi connectivity index (χ0) is 20.5. The molecule has 2 rings (SSSR count). The first-order valence-corrected chi connectivity index (χ1v) is 10.0. The summed E-state index contributed by atoms with van der Waals surface area (Å²) in [5.74, 6) is 1.20. The fourth-order valence-electron chi connectivity index (χ4n) is 2.76. The van der Waals surface area contributed by atoms with Gasteiger partial charge in [0.2, 0.25) is 0 Å². The summed E-state index contributed by atoms with van der Waals surface area (Å²) in [6, 6.07) is 11.0. The average Bonchev–Trinajstić information content (AvgIpc) is 2.69. The Morgan fingerprint density at radius 2 is 1.89 bits per heavy atom. The van der Waals surface area contributed by atoms with Gasteiger partial charge in [0, 0.05) is 18.8 Å². The molecule has 2 aromatic rings. The van der Waals surface area contributed by atoms with Gasteiger partial charge in [0.1, 0.15) is 5.82 Å². The summed E-state index contributed by atoms with van der Waals surface area (Å²) >= 11 is 5.58. The van der Waals surface area contributed by atoms with Gasteiger partial charge in [-0.25, -0.2) is 4.39 Å². The van der Waals surface area contributed by atoms with E-state index in [9.17, 15) is 4.39 Å². The standard InChI is InChI=1S/C22H29FN2O2S/c1-5-11-25(22(28)24-18-9-7-16(3)19(23)14-18)15-17-8-10-20(27-12-6-2)21(13-17)26-4/h7-10,13-14H,5-6,11-12,15H2,1-4H3,(H,24,28). The lowest BCUT2D eigenvalue weighted by Gasteiger charge is -2.26. The molecule has 0 amide bonds. The molecule has 0 spiro atoms. The minimum atomic E-state index is -0.248. The molecule has 0 radical (unpaired) electrons. The largest absolute Gasteiger partial charge is 0.493 e. The number of aryl methyl sites for hydroxylation is 1. The van der Waals surface area contributed by atoms with Crippen LogP contribution in [0.1, 0.15) is 37.8 Å². The van der Waals surface area contributed by atoms with E-state index >= 15 is 0 Å². The number of hydrogen-bond donors (Lipinski definition) is 1. The van der Waals surface area contributed by atoms with E-state index < -0.39 is 0 Å². The van der Waals surface area contributed by atoms with Gasteiger partial charge in [-0.3, -0.25) is 0 Å². The van der Waals surface area contributed by atoms with Crippen LogP contribution in [-0.2, 0) is 6.54 Å². The van der Waals surface area contributed by atoms with Crippen molar-refractivity contribution in [3.8, 4) is 11.5 Å². The number of benzene rings is 2.